The number of fused-ring (bicyclic) bond motifs is 1. The highest BCUT2D eigenvalue weighted by molar-refractivity contribution is 5.66. The van der Waals surface area contributed by atoms with Crippen LogP contribution in [0.1, 0.15) is 28.4 Å². The van der Waals surface area contributed by atoms with Crippen LogP contribution in [0.4, 0.5) is 0 Å². The molecular formula is C17H16O2. The summed E-state index contributed by atoms with van der Waals surface area (Å²) < 4.78 is 5.66. The monoisotopic (exact) mass is 252 g/mol. The van der Waals surface area contributed by atoms with Crippen molar-refractivity contribution in [2.45, 2.75) is 19.6 Å². The molecule has 2 nitrogen and oxygen atoms in total. The maximum absolute atomic E-state index is 10.3. The fourth-order valence-corrected chi connectivity index (χ4v) is 2.41. The van der Waals surface area contributed by atoms with Crippen molar-refractivity contribution in [3.63, 3.8) is 0 Å². The van der Waals surface area contributed by atoms with E-state index in [0.717, 1.165) is 22.4 Å². The van der Waals surface area contributed by atoms with E-state index in [9.17, 15) is 5.11 Å². The number of aliphatic hydroxyl groups excluding tert-OH is 1. The molecule has 3 rings (SSSR count). The Morgan fingerprint density at radius 3 is 2.68 bits per heavy atom. The number of rotatable bonds is 2. The summed E-state index contributed by atoms with van der Waals surface area (Å²) in [4.78, 5) is 0. The zero-order valence-electron chi connectivity index (χ0n) is 10.8. The molecule has 0 radical (unpaired) electrons. The van der Waals surface area contributed by atoms with Crippen molar-refractivity contribution in [1.82, 2.24) is 0 Å². The molecule has 0 aliphatic carbocycles. The van der Waals surface area contributed by atoms with Crippen molar-refractivity contribution in [3.05, 3.63) is 76.9 Å². The van der Waals surface area contributed by atoms with Gasteiger partial charge < -0.3 is 9.84 Å². The Kier molecular flexibility index (Phi) is 3.10. The average Bonchev–Trinajstić information content (AvgIpc) is 2.83. The van der Waals surface area contributed by atoms with Gasteiger partial charge in [-0.1, -0.05) is 48.5 Å². The molecule has 2 heteroatoms. The Labute approximate surface area is 113 Å². The predicted octanol–water partition coefficient (Wildman–Crippen LogP) is 3.60. The van der Waals surface area contributed by atoms with E-state index in [0.29, 0.717) is 6.61 Å². The maximum atomic E-state index is 10.3. The van der Waals surface area contributed by atoms with Crippen LogP contribution < -0.4 is 0 Å². The van der Waals surface area contributed by atoms with Gasteiger partial charge in [-0.25, -0.2) is 0 Å². The topological polar surface area (TPSA) is 29.5 Å². The first kappa shape index (κ1) is 12.0. The molecule has 1 heterocycles. The Hall–Kier alpha value is -2.06. The first-order valence-electron chi connectivity index (χ1n) is 6.42. The highest BCUT2D eigenvalue weighted by Crippen LogP contribution is 2.32. The van der Waals surface area contributed by atoms with E-state index in [4.69, 9.17) is 4.74 Å². The number of aliphatic hydroxyl groups is 1. The van der Waals surface area contributed by atoms with Crippen molar-refractivity contribution < 1.29 is 9.84 Å². The van der Waals surface area contributed by atoms with Gasteiger partial charge in [0.1, 0.15) is 18.5 Å². The summed E-state index contributed by atoms with van der Waals surface area (Å²) >= 11 is 0. The zero-order chi connectivity index (χ0) is 13.2. The molecular weight excluding hydrogens is 236 g/mol. The molecule has 19 heavy (non-hydrogen) atoms. The highest BCUT2D eigenvalue weighted by Gasteiger charge is 2.18. The molecule has 1 unspecified atom stereocenters. The fourth-order valence-electron chi connectivity index (χ4n) is 2.41. The maximum Gasteiger partial charge on any atom is 0.126 e. The average molecular weight is 252 g/mol. The molecule has 0 amide bonds. The third-order valence-electron chi connectivity index (χ3n) is 3.48. The zero-order valence-corrected chi connectivity index (χ0v) is 10.8. The van der Waals surface area contributed by atoms with Crippen LogP contribution in [-0.4, -0.2) is 5.11 Å². The first-order chi connectivity index (χ1) is 9.25. The molecule has 2 aromatic carbocycles. The van der Waals surface area contributed by atoms with Crippen LogP contribution in [-0.2, 0) is 11.3 Å². The fraction of sp³-hybridized carbons (Fsp3) is 0.176. The smallest absolute Gasteiger partial charge is 0.126 e. The molecule has 1 N–H and O–H groups in total. The van der Waals surface area contributed by atoms with Gasteiger partial charge in [0, 0.05) is 11.1 Å². The molecule has 0 bridgehead atoms. The van der Waals surface area contributed by atoms with Gasteiger partial charge in [0.2, 0.25) is 0 Å². The number of hydrogen-bond acceptors (Lipinski definition) is 2. The quantitative estimate of drug-likeness (QED) is 0.885. The summed E-state index contributed by atoms with van der Waals surface area (Å²) in [5.74, 6) is 0.770. The second-order valence-electron chi connectivity index (χ2n) is 4.78. The van der Waals surface area contributed by atoms with Gasteiger partial charge in [0.25, 0.3) is 0 Å². The Morgan fingerprint density at radius 1 is 1.11 bits per heavy atom. The molecule has 1 atom stereocenters. The Bertz CT molecular complexity index is 629. The summed E-state index contributed by atoms with van der Waals surface area (Å²) in [5, 5.41) is 10.3. The molecule has 0 saturated carbocycles. The summed E-state index contributed by atoms with van der Waals surface area (Å²) in [6.07, 6.45) is 1.15. The van der Waals surface area contributed by atoms with Crippen LogP contribution in [0, 0.1) is 6.92 Å². The van der Waals surface area contributed by atoms with Gasteiger partial charge in [-0.05, 0) is 24.1 Å². The third kappa shape index (κ3) is 2.27. The van der Waals surface area contributed by atoms with Crippen LogP contribution in [0.25, 0.3) is 5.76 Å². The molecule has 0 spiro atoms. The van der Waals surface area contributed by atoms with Crippen LogP contribution in [0.3, 0.4) is 0 Å². The molecule has 0 saturated heterocycles. The normalized spacial score (nSPS) is 17.1. The summed E-state index contributed by atoms with van der Waals surface area (Å²) in [6.45, 7) is 2.59. The van der Waals surface area contributed by atoms with E-state index in [1.807, 2.05) is 49.4 Å². The second-order valence-corrected chi connectivity index (χ2v) is 4.78. The minimum Gasteiger partial charge on any atom is -0.488 e. The van der Waals surface area contributed by atoms with Gasteiger partial charge >= 0.3 is 0 Å². The van der Waals surface area contributed by atoms with Gasteiger partial charge in [-0.15, -0.1) is 0 Å². The van der Waals surface area contributed by atoms with E-state index in [2.05, 4.69) is 6.07 Å². The summed E-state index contributed by atoms with van der Waals surface area (Å²) in [5.41, 5.74) is 4.25. The molecule has 0 fully saturated rings. The largest absolute Gasteiger partial charge is 0.488 e. The van der Waals surface area contributed by atoms with Crippen molar-refractivity contribution in [2.75, 3.05) is 0 Å². The number of aryl methyl sites for hydroxylation is 1. The van der Waals surface area contributed by atoms with Crippen molar-refractivity contribution in [2.24, 2.45) is 0 Å². The molecule has 2 aromatic rings. The van der Waals surface area contributed by atoms with Gasteiger partial charge in [-0.3, -0.25) is 0 Å². The first-order valence-corrected chi connectivity index (χ1v) is 6.42. The lowest BCUT2D eigenvalue weighted by Gasteiger charge is -2.10. The van der Waals surface area contributed by atoms with E-state index in [-0.39, 0.29) is 0 Å². The summed E-state index contributed by atoms with van der Waals surface area (Å²) in [7, 11) is 0. The minimum absolute atomic E-state index is 0.586. The van der Waals surface area contributed by atoms with Crippen molar-refractivity contribution >= 4 is 5.76 Å². The molecule has 1 aliphatic rings. The van der Waals surface area contributed by atoms with Crippen LogP contribution in [0.15, 0.2) is 54.6 Å². The van der Waals surface area contributed by atoms with Crippen molar-refractivity contribution in [1.29, 1.82) is 0 Å². The number of ether oxygens (including phenoxy) is 1. The lowest BCUT2D eigenvalue weighted by Crippen LogP contribution is -1.97. The summed E-state index contributed by atoms with van der Waals surface area (Å²) in [6, 6.07) is 15.9. The van der Waals surface area contributed by atoms with Gasteiger partial charge in [0.15, 0.2) is 0 Å². The van der Waals surface area contributed by atoms with E-state index in [1.54, 1.807) is 6.08 Å². The molecule has 0 aromatic heterocycles. The van der Waals surface area contributed by atoms with E-state index >= 15 is 0 Å². The van der Waals surface area contributed by atoms with Crippen LogP contribution >= 0.6 is 0 Å². The van der Waals surface area contributed by atoms with Crippen molar-refractivity contribution in [3.8, 4) is 0 Å². The SMILES string of the molecule is Cc1ccccc1C(O)/C=C1/OCc2ccccc21. The predicted molar refractivity (Wildman–Crippen MR) is 75.3 cm³/mol. The third-order valence-corrected chi connectivity index (χ3v) is 3.48. The van der Waals surface area contributed by atoms with E-state index < -0.39 is 6.10 Å². The lowest BCUT2D eigenvalue weighted by molar-refractivity contribution is 0.220. The van der Waals surface area contributed by atoms with Gasteiger partial charge in [-0.2, -0.15) is 0 Å². The Morgan fingerprint density at radius 2 is 1.84 bits per heavy atom. The standard InChI is InChI=1S/C17H16O2/c1-12-6-2-4-8-14(12)16(18)10-17-15-9-5-3-7-13(15)11-19-17/h2-10,16,18H,11H2,1H3/b17-10+. The van der Waals surface area contributed by atoms with Gasteiger partial charge in [0.05, 0.1) is 0 Å². The highest BCUT2D eigenvalue weighted by atomic mass is 16.5. The number of hydrogen-bond donors (Lipinski definition) is 1. The minimum atomic E-state index is -0.637. The van der Waals surface area contributed by atoms with Crippen LogP contribution in [0.5, 0.6) is 0 Å². The van der Waals surface area contributed by atoms with Crippen LogP contribution in [0.2, 0.25) is 0 Å². The second kappa shape index (κ2) is 4.90. The molecule has 96 valence electrons. The Balaban J connectivity index is 1.94. The molecule has 1 aliphatic heterocycles. The number of benzene rings is 2. The van der Waals surface area contributed by atoms with E-state index in [1.165, 1.54) is 5.56 Å². The lowest BCUT2D eigenvalue weighted by atomic mass is 10.0.